The molecule has 2 aromatic rings. The zero-order valence-electron chi connectivity index (χ0n) is 12.3. The van der Waals surface area contributed by atoms with Crippen molar-refractivity contribution in [3.05, 3.63) is 44.1 Å². The van der Waals surface area contributed by atoms with Crippen LogP contribution in [0.3, 0.4) is 0 Å². The molecule has 4 nitrogen and oxygen atoms in total. The van der Waals surface area contributed by atoms with Crippen molar-refractivity contribution in [1.82, 2.24) is 9.55 Å². The van der Waals surface area contributed by atoms with Gasteiger partial charge in [-0.1, -0.05) is 37.2 Å². The summed E-state index contributed by atoms with van der Waals surface area (Å²) in [6.45, 7) is 2.77. The Morgan fingerprint density at radius 1 is 1.52 bits per heavy atom. The van der Waals surface area contributed by atoms with Crippen LogP contribution in [0, 0.1) is 5.92 Å². The van der Waals surface area contributed by atoms with Gasteiger partial charge in [0.1, 0.15) is 5.82 Å². The molecule has 0 fully saturated rings. The third-order valence-electron chi connectivity index (χ3n) is 4.29. The lowest BCUT2D eigenvalue weighted by Crippen LogP contribution is -2.21. The summed E-state index contributed by atoms with van der Waals surface area (Å²) < 4.78 is 1.90. The molecular formula is C16H21N3OS. The average Bonchev–Trinajstić information content (AvgIpc) is 2.77. The Morgan fingerprint density at radius 3 is 3.14 bits per heavy atom. The van der Waals surface area contributed by atoms with Crippen LogP contribution in [0.15, 0.2) is 23.1 Å². The van der Waals surface area contributed by atoms with Gasteiger partial charge < -0.3 is 5.73 Å². The van der Waals surface area contributed by atoms with Gasteiger partial charge in [0.05, 0.1) is 6.54 Å². The molecule has 21 heavy (non-hydrogen) atoms. The minimum absolute atomic E-state index is 0.139. The SMILES string of the molecule is CCCC1CCc2c(sc(=O)n2Cc2cccnc2N)C1. The standard InChI is InChI=1S/C16H21N3OS/c1-2-4-11-6-7-13-14(9-11)21-16(20)19(13)10-12-5-3-8-18-15(12)17/h3,5,8,11H,2,4,6-7,9-10H2,1H3,(H2,17,18). The van der Waals surface area contributed by atoms with Crippen LogP contribution >= 0.6 is 11.3 Å². The van der Waals surface area contributed by atoms with Crippen molar-refractivity contribution in [2.75, 3.05) is 5.73 Å². The van der Waals surface area contributed by atoms with Gasteiger partial charge in [-0.05, 0) is 31.2 Å². The van der Waals surface area contributed by atoms with E-state index in [0.29, 0.717) is 12.4 Å². The Hall–Kier alpha value is -1.62. The van der Waals surface area contributed by atoms with E-state index in [2.05, 4.69) is 11.9 Å². The second-order valence-electron chi connectivity index (χ2n) is 5.77. The molecule has 1 atom stereocenters. The maximum absolute atomic E-state index is 12.3. The Labute approximate surface area is 128 Å². The molecule has 0 saturated heterocycles. The Morgan fingerprint density at radius 2 is 2.38 bits per heavy atom. The van der Waals surface area contributed by atoms with E-state index in [-0.39, 0.29) is 4.87 Å². The van der Waals surface area contributed by atoms with Gasteiger partial charge in [-0.2, -0.15) is 0 Å². The second kappa shape index (κ2) is 6.02. The molecule has 0 amide bonds. The highest BCUT2D eigenvalue weighted by Crippen LogP contribution is 2.30. The molecule has 0 saturated carbocycles. The van der Waals surface area contributed by atoms with Crippen LogP contribution < -0.4 is 10.6 Å². The zero-order valence-corrected chi connectivity index (χ0v) is 13.2. The number of nitrogen functional groups attached to an aromatic ring is 1. The molecule has 0 aliphatic heterocycles. The molecule has 2 aromatic heterocycles. The molecule has 0 spiro atoms. The maximum Gasteiger partial charge on any atom is 0.307 e. The number of thiazole rings is 1. The van der Waals surface area contributed by atoms with Gasteiger partial charge in [-0.25, -0.2) is 4.98 Å². The van der Waals surface area contributed by atoms with Crippen LogP contribution in [-0.4, -0.2) is 9.55 Å². The molecule has 2 heterocycles. The molecule has 1 aliphatic carbocycles. The number of nitrogens with zero attached hydrogens (tertiary/aromatic N) is 2. The largest absolute Gasteiger partial charge is 0.383 e. The molecule has 2 N–H and O–H groups in total. The summed E-state index contributed by atoms with van der Waals surface area (Å²) >= 11 is 1.42. The first-order chi connectivity index (χ1) is 10.2. The van der Waals surface area contributed by atoms with E-state index in [1.807, 2.05) is 16.7 Å². The molecule has 5 heteroatoms. The number of hydrogen-bond acceptors (Lipinski definition) is 4. The predicted octanol–water partition coefficient (Wildman–Crippen LogP) is 2.84. The first kappa shape index (κ1) is 14.3. The Balaban J connectivity index is 1.88. The monoisotopic (exact) mass is 303 g/mol. The van der Waals surface area contributed by atoms with E-state index < -0.39 is 0 Å². The third kappa shape index (κ3) is 2.88. The summed E-state index contributed by atoms with van der Waals surface area (Å²) in [5.74, 6) is 1.27. The van der Waals surface area contributed by atoms with Crippen LogP contribution in [0.5, 0.6) is 0 Å². The van der Waals surface area contributed by atoms with Gasteiger partial charge in [0.15, 0.2) is 0 Å². The maximum atomic E-state index is 12.3. The van der Waals surface area contributed by atoms with E-state index in [1.54, 1.807) is 6.20 Å². The van der Waals surface area contributed by atoms with Crippen molar-refractivity contribution in [2.45, 2.75) is 45.6 Å². The van der Waals surface area contributed by atoms with Crippen LogP contribution in [0.25, 0.3) is 0 Å². The number of fused-ring (bicyclic) bond motifs is 1. The fourth-order valence-corrected chi connectivity index (χ4v) is 4.33. The van der Waals surface area contributed by atoms with Gasteiger partial charge in [0.25, 0.3) is 0 Å². The van der Waals surface area contributed by atoms with E-state index in [0.717, 1.165) is 24.3 Å². The number of hydrogen-bond donors (Lipinski definition) is 1. The number of pyridine rings is 1. The summed E-state index contributed by atoms with van der Waals surface area (Å²) in [6, 6.07) is 3.81. The lowest BCUT2D eigenvalue weighted by Gasteiger charge is -2.22. The Kier molecular flexibility index (Phi) is 4.10. The van der Waals surface area contributed by atoms with Crippen molar-refractivity contribution in [1.29, 1.82) is 0 Å². The Bertz CT molecular complexity index is 689. The van der Waals surface area contributed by atoms with Crippen LogP contribution in [0.2, 0.25) is 0 Å². The minimum atomic E-state index is 0.139. The van der Waals surface area contributed by atoms with Gasteiger partial charge in [0.2, 0.25) is 0 Å². The topological polar surface area (TPSA) is 60.9 Å². The third-order valence-corrected chi connectivity index (χ3v) is 5.34. The van der Waals surface area contributed by atoms with E-state index in [4.69, 9.17) is 5.73 Å². The summed E-state index contributed by atoms with van der Waals surface area (Å²) in [7, 11) is 0. The molecule has 3 rings (SSSR count). The van der Waals surface area contributed by atoms with Crippen LogP contribution in [0.1, 0.15) is 42.3 Å². The first-order valence-corrected chi connectivity index (χ1v) is 8.41. The average molecular weight is 303 g/mol. The van der Waals surface area contributed by atoms with Gasteiger partial charge in [0, 0.05) is 22.3 Å². The lowest BCUT2D eigenvalue weighted by atomic mass is 9.88. The van der Waals surface area contributed by atoms with Crippen LogP contribution in [-0.2, 0) is 19.4 Å². The highest BCUT2D eigenvalue weighted by Gasteiger charge is 2.24. The molecule has 0 radical (unpaired) electrons. The summed E-state index contributed by atoms with van der Waals surface area (Å²) in [5.41, 5.74) is 8.05. The normalized spacial score (nSPS) is 17.7. The van der Waals surface area contributed by atoms with Crippen LogP contribution in [0.4, 0.5) is 5.82 Å². The smallest absolute Gasteiger partial charge is 0.307 e. The highest BCUT2D eigenvalue weighted by atomic mass is 32.1. The van der Waals surface area contributed by atoms with Crippen molar-refractivity contribution in [3.63, 3.8) is 0 Å². The summed E-state index contributed by atoms with van der Waals surface area (Å²) in [5, 5.41) is 0. The lowest BCUT2D eigenvalue weighted by molar-refractivity contribution is 0.417. The van der Waals surface area contributed by atoms with E-state index >= 15 is 0 Å². The molecule has 0 aromatic carbocycles. The predicted molar refractivity (Wildman–Crippen MR) is 86.8 cm³/mol. The molecule has 1 unspecified atom stereocenters. The molecular weight excluding hydrogens is 282 g/mol. The summed E-state index contributed by atoms with van der Waals surface area (Å²) in [4.78, 5) is 17.8. The van der Waals surface area contributed by atoms with Crippen molar-refractivity contribution >= 4 is 17.2 Å². The van der Waals surface area contributed by atoms with Gasteiger partial charge in [-0.15, -0.1) is 0 Å². The van der Waals surface area contributed by atoms with Gasteiger partial charge >= 0.3 is 4.87 Å². The molecule has 1 aliphatic rings. The van der Waals surface area contributed by atoms with E-state index in [9.17, 15) is 4.79 Å². The number of rotatable bonds is 4. The first-order valence-electron chi connectivity index (χ1n) is 7.59. The number of aromatic nitrogens is 2. The van der Waals surface area contributed by atoms with Crippen molar-refractivity contribution in [2.24, 2.45) is 5.92 Å². The number of anilines is 1. The minimum Gasteiger partial charge on any atom is -0.383 e. The molecule has 112 valence electrons. The zero-order chi connectivity index (χ0) is 14.8. The fourth-order valence-electron chi connectivity index (χ4n) is 3.19. The van der Waals surface area contributed by atoms with Gasteiger partial charge in [-0.3, -0.25) is 9.36 Å². The summed E-state index contributed by atoms with van der Waals surface area (Å²) in [6.07, 6.45) is 7.44. The van der Waals surface area contributed by atoms with Crippen molar-refractivity contribution < 1.29 is 0 Å². The molecule has 0 bridgehead atoms. The highest BCUT2D eigenvalue weighted by molar-refractivity contribution is 7.09. The second-order valence-corrected chi connectivity index (χ2v) is 6.82. The quantitative estimate of drug-likeness (QED) is 0.944. The number of nitrogens with two attached hydrogens (primary N) is 1. The fraction of sp³-hybridized carbons (Fsp3) is 0.500. The van der Waals surface area contributed by atoms with E-state index in [1.165, 1.54) is 41.2 Å². The van der Waals surface area contributed by atoms with Crippen molar-refractivity contribution in [3.8, 4) is 0 Å².